The number of likely N-dealkylation sites (tertiary alicyclic amines) is 1. The molecule has 2 fully saturated rings. The fourth-order valence-electron chi connectivity index (χ4n) is 3.98. The molecule has 0 bridgehead atoms. The Morgan fingerprint density at radius 1 is 1.24 bits per heavy atom. The topological polar surface area (TPSA) is 59.2 Å². The van der Waals surface area contributed by atoms with Gasteiger partial charge in [0.15, 0.2) is 0 Å². The maximum Gasteiger partial charge on any atom is 0.230 e. The molecule has 0 aromatic carbocycles. The number of amides is 1. The number of hydrogen-bond donors (Lipinski definition) is 1. The van der Waals surface area contributed by atoms with Crippen LogP contribution in [0, 0.1) is 5.41 Å². The van der Waals surface area contributed by atoms with Crippen molar-refractivity contribution in [2.24, 2.45) is 11.1 Å². The molecule has 3 rings (SSSR count). The summed E-state index contributed by atoms with van der Waals surface area (Å²) in [6.07, 6.45) is 11.2. The summed E-state index contributed by atoms with van der Waals surface area (Å²) in [7, 11) is 0. The highest BCUT2D eigenvalue weighted by Gasteiger charge is 2.44. The normalized spacial score (nSPS) is 25.0. The largest absolute Gasteiger partial charge is 0.335 e. The average molecular weight is 287 g/mol. The molecule has 1 aliphatic carbocycles. The quantitative estimate of drug-likeness (QED) is 0.929. The Morgan fingerprint density at radius 2 is 1.95 bits per heavy atom. The van der Waals surface area contributed by atoms with Crippen LogP contribution >= 0.6 is 0 Å². The number of nitrogens with two attached hydrogens (primary N) is 1. The van der Waals surface area contributed by atoms with Gasteiger partial charge in [-0.1, -0.05) is 19.3 Å². The molecular weight excluding hydrogens is 262 g/mol. The van der Waals surface area contributed by atoms with Gasteiger partial charge in [0.1, 0.15) is 0 Å². The van der Waals surface area contributed by atoms with Gasteiger partial charge in [-0.25, -0.2) is 0 Å². The van der Waals surface area contributed by atoms with Gasteiger partial charge in [-0.05, 0) is 43.4 Å². The molecule has 4 nitrogen and oxygen atoms in total. The molecule has 4 heteroatoms. The maximum atomic E-state index is 13.2. The van der Waals surface area contributed by atoms with Crippen LogP contribution in [-0.4, -0.2) is 28.9 Å². The Bertz CT molecular complexity index is 482. The second kappa shape index (κ2) is 6.14. The number of rotatable bonds is 3. The molecule has 2 aliphatic rings. The van der Waals surface area contributed by atoms with Gasteiger partial charge >= 0.3 is 0 Å². The Kier molecular flexibility index (Phi) is 4.24. The lowest BCUT2D eigenvalue weighted by Gasteiger charge is -2.39. The fourth-order valence-corrected chi connectivity index (χ4v) is 3.98. The number of carbonyl (C=O) groups is 1. The minimum atomic E-state index is -0.298. The first-order valence-electron chi connectivity index (χ1n) is 8.18. The molecule has 1 aromatic heterocycles. The van der Waals surface area contributed by atoms with Crippen LogP contribution in [0.4, 0.5) is 0 Å². The van der Waals surface area contributed by atoms with Crippen molar-refractivity contribution >= 4 is 5.91 Å². The van der Waals surface area contributed by atoms with E-state index in [0.29, 0.717) is 12.5 Å². The highest BCUT2D eigenvalue weighted by Crippen LogP contribution is 2.41. The molecule has 21 heavy (non-hydrogen) atoms. The van der Waals surface area contributed by atoms with Crippen molar-refractivity contribution in [2.75, 3.05) is 13.1 Å². The molecule has 2 N–H and O–H groups in total. The summed E-state index contributed by atoms with van der Waals surface area (Å²) in [5.41, 5.74) is 6.94. The van der Waals surface area contributed by atoms with Crippen molar-refractivity contribution in [1.82, 2.24) is 9.88 Å². The SMILES string of the molecule is NCC1(C(=O)N2CCCC2c2ccncc2)CCCCC1. The highest BCUT2D eigenvalue weighted by molar-refractivity contribution is 5.84. The van der Waals surface area contributed by atoms with Gasteiger partial charge in [0.05, 0.1) is 11.5 Å². The molecule has 1 saturated carbocycles. The predicted molar refractivity (Wildman–Crippen MR) is 82.5 cm³/mol. The zero-order valence-electron chi connectivity index (χ0n) is 12.6. The zero-order chi connectivity index (χ0) is 14.7. The van der Waals surface area contributed by atoms with Crippen molar-refractivity contribution in [1.29, 1.82) is 0 Å². The Labute approximate surface area is 126 Å². The predicted octanol–water partition coefficient (Wildman–Crippen LogP) is 2.65. The number of nitrogens with zero attached hydrogens (tertiary/aromatic N) is 2. The van der Waals surface area contributed by atoms with E-state index in [9.17, 15) is 4.79 Å². The lowest BCUT2D eigenvalue weighted by Crippen LogP contribution is -2.48. The second-order valence-corrected chi connectivity index (χ2v) is 6.48. The van der Waals surface area contributed by atoms with Gasteiger partial charge < -0.3 is 10.6 Å². The Balaban J connectivity index is 1.82. The first kappa shape index (κ1) is 14.5. The minimum Gasteiger partial charge on any atom is -0.335 e. The summed E-state index contributed by atoms with van der Waals surface area (Å²) in [4.78, 5) is 19.3. The summed E-state index contributed by atoms with van der Waals surface area (Å²) in [6, 6.07) is 4.28. The molecule has 1 unspecified atom stereocenters. The van der Waals surface area contributed by atoms with Crippen molar-refractivity contribution in [3.63, 3.8) is 0 Å². The standard InChI is InChI=1S/C17H25N3O/c18-13-17(8-2-1-3-9-17)16(21)20-12-4-5-15(20)14-6-10-19-11-7-14/h6-7,10-11,15H,1-5,8-9,12-13,18H2. The average Bonchev–Trinajstić information content (AvgIpc) is 3.05. The number of carbonyl (C=O) groups excluding carboxylic acids is 1. The second-order valence-electron chi connectivity index (χ2n) is 6.48. The number of pyridine rings is 1. The van der Waals surface area contributed by atoms with Gasteiger partial charge in [-0.2, -0.15) is 0 Å². The van der Waals surface area contributed by atoms with E-state index in [2.05, 4.69) is 9.88 Å². The summed E-state index contributed by atoms with van der Waals surface area (Å²) in [6.45, 7) is 1.36. The Morgan fingerprint density at radius 3 is 2.62 bits per heavy atom. The maximum absolute atomic E-state index is 13.2. The van der Waals surface area contributed by atoms with Crippen LogP contribution in [0.3, 0.4) is 0 Å². The van der Waals surface area contributed by atoms with Crippen LogP contribution in [-0.2, 0) is 4.79 Å². The Hall–Kier alpha value is -1.42. The summed E-state index contributed by atoms with van der Waals surface area (Å²) < 4.78 is 0. The third-order valence-electron chi connectivity index (χ3n) is 5.26. The van der Waals surface area contributed by atoms with Gasteiger partial charge in [0, 0.05) is 25.5 Å². The monoisotopic (exact) mass is 287 g/mol. The van der Waals surface area contributed by atoms with Crippen LogP contribution in [0.5, 0.6) is 0 Å². The van der Waals surface area contributed by atoms with Crippen molar-refractivity contribution in [3.8, 4) is 0 Å². The van der Waals surface area contributed by atoms with Gasteiger partial charge in [-0.3, -0.25) is 9.78 Å². The smallest absolute Gasteiger partial charge is 0.230 e. The van der Waals surface area contributed by atoms with Gasteiger partial charge in [0.2, 0.25) is 5.91 Å². The third-order valence-corrected chi connectivity index (χ3v) is 5.26. The van der Waals surface area contributed by atoms with Crippen molar-refractivity contribution < 1.29 is 4.79 Å². The van der Waals surface area contributed by atoms with Crippen LogP contribution in [0.2, 0.25) is 0 Å². The third kappa shape index (κ3) is 2.69. The molecule has 1 aromatic rings. The molecule has 1 aliphatic heterocycles. The number of hydrogen-bond acceptors (Lipinski definition) is 3. The summed E-state index contributed by atoms with van der Waals surface area (Å²) >= 11 is 0. The van der Waals surface area contributed by atoms with Crippen LogP contribution < -0.4 is 5.73 Å². The zero-order valence-corrected chi connectivity index (χ0v) is 12.6. The van der Waals surface area contributed by atoms with E-state index < -0.39 is 0 Å². The van der Waals surface area contributed by atoms with Crippen LogP contribution in [0.25, 0.3) is 0 Å². The first-order chi connectivity index (χ1) is 10.3. The van der Waals surface area contributed by atoms with Crippen molar-refractivity contribution in [2.45, 2.75) is 51.0 Å². The van der Waals surface area contributed by atoms with Crippen molar-refractivity contribution in [3.05, 3.63) is 30.1 Å². The van der Waals surface area contributed by atoms with E-state index in [-0.39, 0.29) is 11.5 Å². The van der Waals surface area contributed by atoms with E-state index in [1.165, 1.54) is 12.0 Å². The molecule has 0 radical (unpaired) electrons. The minimum absolute atomic E-state index is 0.214. The van der Waals surface area contributed by atoms with E-state index in [1.807, 2.05) is 24.5 Å². The lowest BCUT2D eigenvalue weighted by atomic mass is 9.73. The highest BCUT2D eigenvalue weighted by atomic mass is 16.2. The van der Waals surface area contributed by atoms with Crippen LogP contribution in [0.15, 0.2) is 24.5 Å². The lowest BCUT2D eigenvalue weighted by molar-refractivity contribution is -0.144. The van der Waals surface area contributed by atoms with Gasteiger partial charge in [-0.15, -0.1) is 0 Å². The molecule has 2 heterocycles. The molecule has 0 spiro atoms. The summed E-state index contributed by atoms with van der Waals surface area (Å²) in [5.74, 6) is 0.295. The molecule has 114 valence electrons. The van der Waals surface area contributed by atoms with E-state index >= 15 is 0 Å². The molecule has 1 amide bonds. The molecule has 1 atom stereocenters. The molecule has 1 saturated heterocycles. The van der Waals surface area contributed by atoms with Crippen LogP contribution in [0.1, 0.15) is 56.6 Å². The van der Waals surface area contributed by atoms with E-state index in [1.54, 1.807) is 0 Å². The summed E-state index contributed by atoms with van der Waals surface area (Å²) in [5, 5.41) is 0. The number of aromatic nitrogens is 1. The first-order valence-corrected chi connectivity index (χ1v) is 8.18. The van der Waals surface area contributed by atoms with E-state index in [0.717, 1.165) is 45.1 Å². The fraction of sp³-hybridized carbons (Fsp3) is 0.647. The molecular formula is C17H25N3O. The van der Waals surface area contributed by atoms with E-state index in [4.69, 9.17) is 5.73 Å². The van der Waals surface area contributed by atoms with Gasteiger partial charge in [0.25, 0.3) is 0 Å².